The van der Waals surface area contributed by atoms with Gasteiger partial charge in [-0.05, 0) is 37.1 Å². The fourth-order valence-electron chi connectivity index (χ4n) is 2.40. The molecule has 1 aliphatic heterocycles. The molecule has 0 unspecified atom stereocenters. The highest BCUT2D eigenvalue weighted by Gasteiger charge is 2.21. The van der Waals surface area contributed by atoms with E-state index in [1.54, 1.807) is 6.07 Å². The minimum atomic E-state index is 0.325. The molecule has 0 bridgehead atoms. The largest absolute Gasteiger partial charge is 0.339 e. The fraction of sp³-hybridized carbons (Fsp3) is 0.429. The van der Waals surface area contributed by atoms with Crippen LogP contribution in [0.15, 0.2) is 22.7 Å². The first-order valence-corrected chi connectivity index (χ1v) is 7.45. The molecular formula is C14H15Cl2N3O. The number of benzene rings is 1. The van der Waals surface area contributed by atoms with Gasteiger partial charge in [-0.15, -0.1) is 0 Å². The van der Waals surface area contributed by atoms with Gasteiger partial charge in [-0.1, -0.05) is 34.4 Å². The predicted octanol–water partition coefficient (Wildman–Crippen LogP) is 3.43. The van der Waals surface area contributed by atoms with Crippen LogP contribution in [0.4, 0.5) is 0 Å². The molecule has 1 fully saturated rings. The lowest BCUT2D eigenvalue weighted by molar-refractivity contribution is 0.320. The third kappa shape index (κ3) is 3.14. The molecule has 1 aromatic carbocycles. The lowest BCUT2D eigenvalue weighted by Gasteiger charge is -2.18. The predicted molar refractivity (Wildman–Crippen MR) is 78.4 cm³/mol. The van der Waals surface area contributed by atoms with E-state index in [9.17, 15) is 0 Å². The molecule has 1 saturated heterocycles. The van der Waals surface area contributed by atoms with Gasteiger partial charge in [-0.25, -0.2) is 0 Å². The van der Waals surface area contributed by atoms with Crippen molar-refractivity contribution in [3.05, 3.63) is 45.5 Å². The van der Waals surface area contributed by atoms with Gasteiger partial charge in [-0.3, -0.25) is 0 Å². The molecule has 0 spiro atoms. The summed E-state index contributed by atoms with van der Waals surface area (Å²) in [6.45, 7) is 1.97. The third-order valence-corrected chi connectivity index (χ3v) is 4.08. The number of nitrogens with one attached hydrogen (secondary N) is 1. The maximum Gasteiger partial charge on any atom is 0.231 e. The normalized spacial score (nSPS) is 19.2. The second kappa shape index (κ2) is 6.12. The van der Waals surface area contributed by atoms with Gasteiger partial charge < -0.3 is 9.84 Å². The average Bonchev–Trinajstić information content (AvgIpc) is 2.92. The first kappa shape index (κ1) is 13.9. The minimum absolute atomic E-state index is 0.325. The number of hydrogen-bond donors (Lipinski definition) is 1. The molecule has 1 atom stereocenters. The molecule has 0 aliphatic carbocycles. The summed E-state index contributed by atoms with van der Waals surface area (Å²) in [5.41, 5.74) is 0.949. The molecule has 0 saturated carbocycles. The summed E-state index contributed by atoms with van der Waals surface area (Å²) < 4.78 is 5.37. The molecule has 1 aromatic heterocycles. The quantitative estimate of drug-likeness (QED) is 0.943. The van der Waals surface area contributed by atoms with Crippen molar-refractivity contribution in [2.24, 2.45) is 0 Å². The molecule has 106 valence electrons. The zero-order valence-electron chi connectivity index (χ0n) is 10.9. The van der Waals surface area contributed by atoms with E-state index in [-0.39, 0.29) is 0 Å². The Hall–Kier alpha value is -1.10. The highest BCUT2D eigenvalue weighted by Crippen LogP contribution is 2.25. The van der Waals surface area contributed by atoms with Crippen molar-refractivity contribution in [1.29, 1.82) is 0 Å². The Morgan fingerprint density at radius 2 is 2.25 bits per heavy atom. The molecule has 1 aliphatic rings. The topological polar surface area (TPSA) is 51.0 Å². The number of hydrogen-bond acceptors (Lipinski definition) is 4. The van der Waals surface area contributed by atoms with Crippen LogP contribution in [-0.2, 0) is 6.42 Å². The minimum Gasteiger partial charge on any atom is -0.339 e. The molecule has 3 rings (SSSR count). The Kier molecular flexibility index (Phi) is 4.24. The number of nitrogens with zero attached hydrogens (tertiary/aromatic N) is 2. The zero-order chi connectivity index (χ0) is 13.9. The lowest BCUT2D eigenvalue weighted by atomic mass is 10.00. The van der Waals surface area contributed by atoms with Gasteiger partial charge in [0.2, 0.25) is 5.89 Å². The first-order valence-electron chi connectivity index (χ1n) is 6.69. The summed E-state index contributed by atoms with van der Waals surface area (Å²) >= 11 is 12.0. The Morgan fingerprint density at radius 3 is 3.00 bits per heavy atom. The summed E-state index contributed by atoms with van der Waals surface area (Å²) in [5.74, 6) is 1.71. The van der Waals surface area contributed by atoms with Crippen molar-refractivity contribution in [2.75, 3.05) is 13.1 Å². The zero-order valence-corrected chi connectivity index (χ0v) is 12.4. The summed E-state index contributed by atoms with van der Waals surface area (Å²) in [7, 11) is 0. The van der Waals surface area contributed by atoms with Crippen molar-refractivity contribution in [3.63, 3.8) is 0 Å². The monoisotopic (exact) mass is 311 g/mol. The molecular weight excluding hydrogens is 297 g/mol. The Bertz CT molecular complexity index is 594. The van der Waals surface area contributed by atoms with E-state index in [0.717, 1.165) is 37.4 Å². The van der Waals surface area contributed by atoms with Crippen LogP contribution in [-0.4, -0.2) is 23.2 Å². The smallest absolute Gasteiger partial charge is 0.231 e. The number of aromatic nitrogens is 2. The van der Waals surface area contributed by atoms with Crippen LogP contribution >= 0.6 is 23.2 Å². The van der Waals surface area contributed by atoms with E-state index in [4.69, 9.17) is 27.7 Å². The van der Waals surface area contributed by atoms with Crippen LogP contribution in [0.1, 0.15) is 36.0 Å². The highest BCUT2D eigenvalue weighted by atomic mass is 35.5. The molecule has 0 radical (unpaired) electrons. The SMILES string of the molecule is Clc1ccc(Cc2noc([C@H]3CCCNC3)n2)c(Cl)c1. The van der Waals surface area contributed by atoms with Crippen LogP contribution in [0.3, 0.4) is 0 Å². The van der Waals surface area contributed by atoms with Crippen LogP contribution < -0.4 is 5.32 Å². The number of piperidine rings is 1. The van der Waals surface area contributed by atoms with Gasteiger partial charge in [0.05, 0.1) is 5.92 Å². The van der Waals surface area contributed by atoms with Gasteiger partial charge in [0, 0.05) is 23.0 Å². The second-order valence-corrected chi connectivity index (χ2v) is 5.85. The van der Waals surface area contributed by atoms with Gasteiger partial charge in [0.1, 0.15) is 0 Å². The van der Waals surface area contributed by atoms with Crippen molar-refractivity contribution in [3.8, 4) is 0 Å². The van der Waals surface area contributed by atoms with Gasteiger partial charge in [0.15, 0.2) is 5.82 Å². The van der Waals surface area contributed by atoms with E-state index in [2.05, 4.69) is 15.5 Å². The highest BCUT2D eigenvalue weighted by molar-refractivity contribution is 6.35. The van der Waals surface area contributed by atoms with Crippen LogP contribution in [0, 0.1) is 0 Å². The lowest BCUT2D eigenvalue weighted by Crippen LogP contribution is -2.28. The third-order valence-electron chi connectivity index (χ3n) is 3.49. The van der Waals surface area contributed by atoms with E-state index in [1.807, 2.05) is 12.1 Å². The summed E-state index contributed by atoms with van der Waals surface area (Å²) in [6.07, 6.45) is 2.79. The van der Waals surface area contributed by atoms with Gasteiger partial charge in [0.25, 0.3) is 0 Å². The Balaban J connectivity index is 1.73. The van der Waals surface area contributed by atoms with Crippen molar-refractivity contribution in [2.45, 2.75) is 25.2 Å². The fourth-order valence-corrected chi connectivity index (χ4v) is 2.88. The Morgan fingerprint density at radius 1 is 1.35 bits per heavy atom. The van der Waals surface area contributed by atoms with E-state index >= 15 is 0 Å². The van der Waals surface area contributed by atoms with Gasteiger partial charge >= 0.3 is 0 Å². The molecule has 2 heterocycles. The summed E-state index contributed by atoms with van der Waals surface area (Å²) in [6, 6.07) is 5.43. The van der Waals surface area contributed by atoms with Crippen molar-refractivity contribution >= 4 is 23.2 Å². The Labute approximate surface area is 127 Å². The standard InChI is InChI=1S/C14H15Cl2N3O/c15-11-4-3-9(12(16)7-11)6-13-18-14(20-19-13)10-2-1-5-17-8-10/h3-4,7,10,17H,1-2,5-6,8H2/t10-/m0/s1. The maximum atomic E-state index is 6.15. The average molecular weight is 312 g/mol. The van der Waals surface area contributed by atoms with E-state index in [1.165, 1.54) is 0 Å². The van der Waals surface area contributed by atoms with Crippen LogP contribution in [0.25, 0.3) is 0 Å². The molecule has 0 amide bonds. The summed E-state index contributed by atoms with van der Waals surface area (Å²) in [5, 5.41) is 8.64. The molecule has 6 heteroatoms. The van der Waals surface area contributed by atoms with Crippen LogP contribution in [0.2, 0.25) is 10.0 Å². The molecule has 20 heavy (non-hydrogen) atoms. The van der Waals surface area contributed by atoms with Crippen molar-refractivity contribution < 1.29 is 4.52 Å². The number of halogens is 2. The molecule has 1 N–H and O–H groups in total. The van der Waals surface area contributed by atoms with E-state index < -0.39 is 0 Å². The van der Waals surface area contributed by atoms with Gasteiger partial charge in [-0.2, -0.15) is 4.98 Å². The van der Waals surface area contributed by atoms with Crippen LogP contribution in [0.5, 0.6) is 0 Å². The second-order valence-electron chi connectivity index (χ2n) is 5.00. The molecule has 2 aromatic rings. The number of rotatable bonds is 3. The van der Waals surface area contributed by atoms with E-state index in [0.29, 0.717) is 28.2 Å². The maximum absolute atomic E-state index is 6.15. The molecule has 4 nitrogen and oxygen atoms in total. The first-order chi connectivity index (χ1) is 9.72. The summed E-state index contributed by atoms with van der Waals surface area (Å²) in [4.78, 5) is 4.48. The van der Waals surface area contributed by atoms with Crippen molar-refractivity contribution in [1.82, 2.24) is 15.5 Å².